The minimum absolute atomic E-state index is 0.174. The Morgan fingerprint density at radius 3 is 2.38 bits per heavy atom. The molecule has 0 radical (unpaired) electrons. The van der Waals surface area contributed by atoms with Crippen LogP contribution < -0.4 is 4.90 Å². The van der Waals surface area contributed by atoms with Gasteiger partial charge in [-0.2, -0.15) is 0 Å². The number of aliphatic hydroxyl groups excluding tert-OH is 1. The summed E-state index contributed by atoms with van der Waals surface area (Å²) < 4.78 is 24.5. The van der Waals surface area contributed by atoms with Crippen molar-refractivity contribution in [3.8, 4) is 0 Å². The maximum absolute atomic E-state index is 16.0. The topological polar surface area (TPSA) is 80.5 Å². The highest BCUT2D eigenvalue weighted by Crippen LogP contribution is 2.61. The van der Waals surface area contributed by atoms with E-state index in [-0.39, 0.29) is 11.8 Å². The zero-order chi connectivity index (χ0) is 28.1. The number of para-hydroxylation sites is 2. The Hall–Kier alpha value is -3.66. The van der Waals surface area contributed by atoms with Crippen molar-refractivity contribution in [2.45, 2.75) is 56.3 Å². The van der Waals surface area contributed by atoms with Gasteiger partial charge in [-0.05, 0) is 43.3 Å². The molecule has 4 aromatic rings. The highest BCUT2D eigenvalue weighted by molar-refractivity contribution is 6.72. The number of rotatable bonds is 7. The van der Waals surface area contributed by atoms with Crippen LogP contribution in [-0.2, 0) is 21.7 Å². The average molecular weight is 557 g/mol. The predicted octanol–water partition coefficient (Wildman–Crippen LogP) is 5.90. The number of ether oxygens (including phenoxy) is 1. The summed E-state index contributed by atoms with van der Waals surface area (Å²) in [6.45, 7) is 5.79. The van der Waals surface area contributed by atoms with Crippen LogP contribution in [0.25, 0.3) is 0 Å². The first kappa shape index (κ1) is 26.6. The molecule has 40 heavy (non-hydrogen) atoms. The van der Waals surface area contributed by atoms with E-state index in [1.807, 2.05) is 91.9 Å². The molecular formula is C31H33FN4O3Si. The maximum Gasteiger partial charge on any atom is 0.268 e. The molecule has 0 saturated carbocycles. The summed E-state index contributed by atoms with van der Waals surface area (Å²) >= 11 is 0. The van der Waals surface area contributed by atoms with Gasteiger partial charge in [0.1, 0.15) is 11.8 Å². The first-order valence-electron chi connectivity index (χ1n) is 13.7. The molecule has 2 aliphatic rings. The van der Waals surface area contributed by atoms with E-state index in [1.165, 1.54) is 0 Å². The molecule has 1 aromatic heterocycles. The van der Waals surface area contributed by atoms with Crippen molar-refractivity contribution in [1.29, 1.82) is 0 Å². The number of carbonyl (C=O) groups excluding carboxylic acids is 1. The van der Waals surface area contributed by atoms with E-state index in [9.17, 15) is 9.90 Å². The minimum atomic E-state index is -3.27. The molecule has 1 spiro atoms. The van der Waals surface area contributed by atoms with Gasteiger partial charge in [-0.1, -0.05) is 78.9 Å². The van der Waals surface area contributed by atoms with Gasteiger partial charge in [0.25, 0.3) is 5.91 Å². The van der Waals surface area contributed by atoms with Gasteiger partial charge in [-0.15, -0.1) is 5.10 Å². The van der Waals surface area contributed by atoms with Crippen LogP contribution in [0.15, 0.2) is 91.1 Å². The number of aryl methyl sites for hydroxylation is 1. The number of nitrogens with zero attached hydrogens (tertiary/aromatic N) is 4. The molecule has 7 nitrogen and oxygen atoms in total. The summed E-state index contributed by atoms with van der Waals surface area (Å²) in [5.41, 5.74) is 1.83. The van der Waals surface area contributed by atoms with Gasteiger partial charge in [0.05, 0.1) is 18.0 Å². The molecule has 0 bridgehead atoms. The molecule has 1 fully saturated rings. The third-order valence-electron chi connectivity index (χ3n) is 8.39. The number of benzene rings is 3. The first-order valence-corrected chi connectivity index (χ1v) is 16.7. The Kier molecular flexibility index (Phi) is 6.68. The second kappa shape index (κ2) is 10.1. The molecule has 206 valence electrons. The third kappa shape index (κ3) is 4.29. The Labute approximate surface area is 234 Å². The van der Waals surface area contributed by atoms with Crippen molar-refractivity contribution >= 4 is 25.7 Å². The van der Waals surface area contributed by atoms with Crippen molar-refractivity contribution in [2.75, 3.05) is 4.90 Å². The molecule has 3 heterocycles. The lowest BCUT2D eigenvalue weighted by Gasteiger charge is -2.31. The fourth-order valence-electron chi connectivity index (χ4n) is 6.64. The number of aliphatic hydroxyl groups is 1. The number of aromatic nitrogens is 3. The first-order chi connectivity index (χ1) is 19.2. The van der Waals surface area contributed by atoms with Crippen LogP contribution in [0.3, 0.4) is 0 Å². The van der Waals surface area contributed by atoms with Gasteiger partial charge < -0.3 is 14.0 Å². The zero-order valence-corrected chi connectivity index (χ0v) is 23.8. The van der Waals surface area contributed by atoms with Gasteiger partial charge in [-0.3, -0.25) is 14.4 Å². The number of amides is 1. The standard InChI is InChI=1S/C31H33FN4O3Si/c1-21-29(40(2,3)32)27(18-19-35-20-25(33-34-35)28(37)22-12-6-4-7-13-22)39-31(21)24-16-10-11-17-26(24)36(30(31)38)23-14-8-5-9-15-23/h4-17,20-21,27-29,37H,18-19H2,1-3H3/t21-,27+,28-,29-,31+/m1/s1. The third-order valence-corrected chi connectivity index (χ3v) is 10.8. The Bertz CT molecular complexity index is 1510. The number of hydrogen-bond acceptors (Lipinski definition) is 5. The van der Waals surface area contributed by atoms with Crippen molar-refractivity contribution < 1.29 is 18.7 Å². The summed E-state index contributed by atoms with van der Waals surface area (Å²) in [7, 11) is -3.27. The number of halogens is 1. The van der Waals surface area contributed by atoms with E-state index in [2.05, 4.69) is 10.3 Å². The summed E-state index contributed by atoms with van der Waals surface area (Å²) in [6.07, 6.45) is 0.803. The second-order valence-corrected chi connectivity index (χ2v) is 15.1. The zero-order valence-electron chi connectivity index (χ0n) is 22.8. The van der Waals surface area contributed by atoms with E-state index in [1.54, 1.807) is 28.9 Å². The van der Waals surface area contributed by atoms with Crippen LogP contribution in [0, 0.1) is 5.92 Å². The fourth-order valence-corrected chi connectivity index (χ4v) is 9.19. The number of fused-ring (bicyclic) bond motifs is 2. The van der Waals surface area contributed by atoms with Crippen LogP contribution in [0.5, 0.6) is 0 Å². The quantitative estimate of drug-likeness (QED) is 0.226. The smallest absolute Gasteiger partial charge is 0.268 e. The summed E-state index contributed by atoms with van der Waals surface area (Å²) in [6, 6.07) is 26.5. The molecule has 1 amide bonds. The van der Waals surface area contributed by atoms with Crippen LogP contribution in [-0.4, -0.2) is 40.5 Å². The molecule has 2 aliphatic heterocycles. The Morgan fingerprint density at radius 2 is 1.68 bits per heavy atom. The molecule has 9 heteroatoms. The van der Waals surface area contributed by atoms with Crippen LogP contribution in [0.2, 0.25) is 18.6 Å². The van der Waals surface area contributed by atoms with Crippen LogP contribution in [0.4, 0.5) is 15.5 Å². The molecule has 1 N–H and O–H groups in total. The molecule has 5 atom stereocenters. The normalized spacial score (nSPS) is 25.0. The van der Waals surface area contributed by atoms with Crippen molar-refractivity contribution in [3.63, 3.8) is 0 Å². The maximum atomic E-state index is 16.0. The highest BCUT2D eigenvalue weighted by atomic mass is 28.4. The molecule has 0 unspecified atom stereocenters. The second-order valence-electron chi connectivity index (χ2n) is 11.3. The largest absolute Gasteiger partial charge is 0.382 e. The fraction of sp³-hybridized carbons (Fsp3) is 0.323. The lowest BCUT2D eigenvalue weighted by Crippen LogP contribution is -2.44. The molecule has 1 saturated heterocycles. The van der Waals surface area contributed by atoms with Gasteiger partial charge in [0.2, 0.25) is 8.41 Å². The molecule has 0 aliphatic carbocycles. The van der Waals surface area contributed by atoms with Gasteiger partial charge in [0, 0.05) is 29.3 Å². The monoisotopic (exact) mass is 556 g/mol. The summed E-state index contributed by atoms with van der Waals surface area (Å²) in [5.74, 6) is -0.537. The van der Waals surface area contributed by atoms with E-state index in [0.717, 1.165) is 22.5 Å². The van der Waals surface area contributed by atoms with E-state index >= 15 is 4.11 Å². The lowest BCUT2D eigenvalue weighted by atomic mass is 9.82. The number of carbonyl (C=O) groups is 1. The lowest BCUT2D eigenvalue weighted by molar-refractivity contribution is -0.145. The summed E-state index contributed by atoms with van der Waals surface area (Å²) in [5, 5.41) is 19.1. The average Bonchev–Trinajstić information content (AvgIpc) is 3.62. The van der Waals surface area contributed by atoms with Gasteiger partial charge in [-0.25, -0.2) is 0 Å². The van der Waals surface area contributed by atoms with E-state index in [0.29, 0.717) is 18.7 Å². The number of anilines is 2. The molecule has 3 aromatic carbocycles. The van der Waals surface area contributed by atoms with Crippen LogP contribution >= 0.6 is 0 Å². The van der Waals surface area contributed by atoms with Crippen LogP contribution in [0.1, 0.15) is 36.3 Å². The van der Waals surface area contributed by atoms with Crippen molar-refractivity contribution in [2.24, 2.45) is 5.92 Å². The van der Waals surface area contributed by atoms with E-state index < -0.39 is 31.8 Å². The molecular weight excluding hydrogens is 523 g/mol. The number of hydrogen-bond donors (Lipinski definition) is 1. The van der Waals surface area contributed by atoms with E-state index in [4.69, 9.17) is 4.74 Å². The van der Waals surface area contributed by atoms with Crippen molar-refractivity contribution in [3.05, 3.63) is 108 Å². The highest BCUT2D eigenvalue weighted by Gasteiger charge is 2.66. The summed E-state index contributed by atoms with van der Waals surface area (Å²) in [4.78, 5) is 16.1. The van der Waals surface area contributed by atoms with Gasteiger partial charge in [0.15, 0.2) is 5.60 Å². The predicted molar refractivity (Wildman–Crippen MR) is 153 cm³/mol. The Morgan fingerprint density at radius 1 is 1.02 bits per heavy atom. The Balaban J connectivity index is 1.30. The van der Waals surface area contributed by atoms with Gasteiger partial charge >= 0.3 is 0 Å². The molecule has 6 rings (SSSR count). The minimum Gasteiger partial charge on any atom is -0.382 e. The van der Waals surface area contributed by atoms with Crippen molar-refractivity contribution in [1.82, 2.24) is 15.0 Å². The SMILES string of the molecule is C[C@@H]1[C@@H]([Si](C)(C)F)[C@H](CCn2cc([C@H](O)c3ccccc3)nn2)O[C@@]12C(=O)N(c1ccccc1)c1ccccc12.